The highest BCUT2D eigenvalue weighted by atomic mass is 28.3. The molecule has 0 aliphatic carbocycles. The summed E-state index contributed by atoms with van der Waals surface area (Å²) in [6, 6.07) is 0.502. The maximum absolute atomic E-state index is 11.1. The summed E-state index contributed by atoms with van der Waals surface area (Å²) in [4.78, 5) is 11.1. The lowest BCUT2D eigenvalue weighted by Crippen LogP contribution is -2.28. The van der Waals surface area contributed by atoms with Crippen molar-refractivity contribution in [3.05, 3.63) is 0 Å². The fourth-order valence-corrected chi connectivity index (χ4v) is 2.54. The molecular formula is C9H16O2Si. The van der Waals surface area contributed by atoms with Crippen LogP contribution < -0.4 is 0 Å². The van der Waals surface area contributed by atoms with Gasteiger partial charge in [0.05, 0.1) is 12.7 Å². The van der Waals surface area contributed by atoms with E-state index in [1.165, 1.54) is 0 Å². The number of hydrogen-bond acceptors (Lipinski definition) is 2. The monoisotopic (exact) mass is 184 g/mol. The first-order valence-corrected chi connectivity index (χ1v) is 7.32. The number of esters is 1. The minimum absolute atomic E-state index is 0.114. The van der Waals surface area contributed by atoms with Crippen LogP contribution in [0.5, 0.6) is 0 Å². The van der Waals surface area contributed by atoms with E-state index in [0.717, 1.165) is 0 Å². The highest BCUT2D eigenvalue weighted by molar-refractivity contribution is 6.87. The Morgan fingerprint density at radius 3 is 2.50 bits per heavy atom. The van der Waals surface area contributed by atoms with Crippen LogP contribution in [0.1, 0.15) is 13.8 Å². The molecule has 0 aliphatic rings. The minimum Gasteiger partial charge on any atom is -0.466 e. The highest BCUT2D eigenvalue weighted by Gasteiger charge is 2.22. The Morgan fingerprint density at radius 2 is 2.08 bits per heavy atom. The van der Waals surface area contributed by atoms with E-state index in [-0.39, 0.29) is 5.97 Å². The van der Waals surface area contributed by atoms with Gasteiger partial charge in [-0.3, -0.25) is 4.79 Å². The lowest BCUT2D eigenvalue weighted by molar-refractivity contribution is -0.140. The third kappa shape index (κ3) is 4.97. The SMILES string of the molecule is CC#C[Si](C)(C)CC(=O)OCC. The molecule has 12 heavy (non-hydrogen) atoms. The van der Waals surface area contributed by atoms with Crippen molar-refractivity contribution < 1.29 is 9.53 Å². The number of ether oxygens (including phenoxy) is 1. The zero-order valence-corrected chi connectivity index (χ0v) is 9.23. The number of rotatable bonds is 3. The Hall–Kier alpha value is -0.753. The molecule has 3 heteroatoms. The van der Waals surface area contributed by atoms with E-state index in [2.05, 4.69) is 24.6 Å². The number of carbonyl (C=O) groups excluding carboxylic acids is 1. The van der Waals surface area contributed by atoms with Crippen LogP contribution in [0.25, 0.3) is 0 Å². The summed E-state index contributed by atoms with van der Waals surface area (Å²) < 4.78 is 4.85. The van der Waals surface area contributed by atoms with Crippen LogP contribution in [0, 0.1) is 11.5 Å². The van der Waals surface area contributed by atoms with Crippen LogP contribution >= 0.6 is 0 Å². The summed E-state index contributed by atoms with van der Waals surface area (Å²) in [7, 11) is -1.64. The van der Waals surface area contributed by atoms with Crippen LogP contribution in [-0.4, -0.2) is 20.7 Å². The standard InChI is InChI=1S/C9H16O2Si/c1-5-7-12(3,4)8-9(10)11-6-2/h6,8H2,1-4H3. The largest absolute Gasteiger partial charge is 0.466 e. The average Bonchev–Trinajstić information content (AvgIpc) is 1.85. The van der Waals surface area contributed by atoms with Gasteiger partial charge in [0.2, 0.25) is 0 Å². The summed E-state index contributed by atoms with van der Waals surface area (Å²) in [5, 5.41) is 0. The topological polar surface area (TPSA) is 26.3 Å². The lowest BCUT2D eigenvalue weighted by atomic mass is 10.8. The second-order valence-corrected chi connectivity index (χ2v) is 7.61. The maximum Gasteiger partial charge on any atom is 0.304 e. The van der Waals surface area contributed by atoms with Gasteiger partial charge < -0.3 is 4.74 Å². The molecule has 0 bridgehead atoms. The first-order chi connectivity index (χ1) is 5.52. The van der Waals surface area contributed by atoms with Gasteiger partial charge in [-0.25, -0.2) is 0 Å². The van der Waals surface area contributed by atoms with Gasteiger partial charge in [-0.15, -0.1) is 11.5 Å². The molecule has 0 atom stereocenters. The molecule has 0 unspecified atom stereocenters. The van der Waals surface area contributed by atoms with Crippen molar-refractivity contribution in [2.24, 2.45) is 0 Å². The summed E-state index contributed by atoms with van der Waals surface area (Å²) in [5.74, 6) is 2.75. The molecule has 0 aliphatic heterocycles. The fraction of sp³-hybridized carbons (Fsp3) is 0.667. The Labute approximate surface area is 75.3 Å². The van der Waals surface area contributed by atoms with Crippen molar-refractivity contribution >= 4 is 14.0 Å². The summed E-state index contributed by atoms with van der Waals surface area (Å²) in [6.45, 7) is 8.22. The zero-order chi connectivity index (χ0) is 9.61. The third-order valence-electron chi connectivity index (χ3n) is 1.35. The third-order valence-corrected chi connectivity index (χ3v) is 3.45. The quantitative estimate of drug-likeness (QED) is 0.380. The lowest BCUT2D eigenvalue weighted by Gasteiger charge is -2.12. The molecule has 0 N–H and O–H groups in total. The van der Waals surface area contributed by atoms with Crippen molar-refractivity contribution in [2.45, 2.75) is 33.0 Å². The molecule has 0 spiro atoms. The Morgan fingerprint density at radius 1 is 1.50 bits per heavy atom. The Bertz CT molecular complexity index is 210. The van der Waals surface area contributed by atoms with Gasteiger partial charge in [-0.1, -0.05) is 13.1 Å². The normalized spacial score (nSPS) is 10.0. The Balaban J connectivity index is 4.02. The molecule has 0 aromatic carbocycles. The molecule has 0 radical (unpaired) electrons. The van der Waals surface area contributed by atoms with Gasteiger partial charge in [0.25, 0.3) is 0 Å². The highest BCUT2D eigenvalue weighted by Crippen LogP contribution is 2.08. The summed E-state index contributed by atoms with van der Waals surface area (Å²) in [5.41, 5.74) is 3.10. The van der Waals surface area contributed by atoms with E-state index in [4.69, 9.17) is 4.74 Å². The molecular weight excluding hydrogens is 168 g/mol. The smallest absolute Gasteiger partial charge is 0.304 e. The molecule has 0 amide bonds. The van der Waals surface area contributed by atoms with Gasteiger partial charge in [0, 0.05) is 0 Å². The van der Waals surface area contributed by atoms with Crippen molar-refractivity contribution in [2.75, 3.05) is 6.61 Å². The number of hydrogen-bond donors (Lipinski definition) is 0. The van der Waals surface area contributed by atoms with Crippen LogP contribution in [0.4, 0.5) is 0 Å². The van der Waals surface area contributed by atoms with E-state index < -0.39 is 8.07 Å². The first kappa shape index (κ1) is 11.2. The van der Waals surface area contributed by atoms with Crippen molar-refractivity contribution in [1.82, 2.24) is 0 Å². The second kappa shape index (κ2) is 4.99. The molecule has 0 aromatic rings. The second-order valence-electron chi connectivity index (χ2n) is 3.24. The molecule has 68 valence electrons. The van der Waals surface area contributed by atoms with Gasteiger partial charge in [-0.2, -0.15) is 0 Å². The Kier molecular flexibility index (Phi) is 4.68. The zero-order valence-electron chi connectivity index (χ0n) is 8.23. The molecule has 0 saturated heterocycles. The van der Waals surface area contributed by atoms with Gasteiger partial charge in [0.1, 0.15) is 8.07 Å². The first-order valence-electron chi connectivity index (χ1n) is 4.11. The summed E-state index contributed by atoms with van der Waals surface area (Å²) in [6.07, 6.45) is 0. The van der Waals surface area contributed by atoms with Crippen molar-refractivity contribution in [3.63, 3.8) is 0 Å². The van der Waals surface area contributed by atoms with Crippen molar-refractivity contribution in [1.29, 1.82) is 0 Å². The molecule has 0 saturated carbocycles. The van der Waals surface area contributed by atoms with Gasteiger partial charge >= 0.3 is 5.97 Å². The molecule has 2 nitrogen and oxygen atoms in total. The molecule has 0 rings (SSSR count). The van der Waals surface area contributed by atoms with Crippen molar-refractivity contribution in [3.8, 4) is 11.5 Å². The predicted molar refractivity (Wildman–Crippen MR) is 52.4 cm³/mol. The van der Waals surface area contributed by atoms with Crippen LogP contribution in [0.3, 0.4) is 0 Å². The molecule has 0 aromatic heterocycles. The minimum atomic E-state index is -1.64. The maximum atomic E-state index is 11.1. The van der Waals surface area contributed by atoms with Crippen LogP contribution in [0.15, 0.2) is 0 Å². The van der Waals surface area contributed by atoms with Gasteiger partial charge in [0.15, 0.2) is 0 Å². The van der Waals surface area contributed by atoms with E-state index in [1.54, 1.807) is 6.92 Å². The van der Waals surface area contributed by atoms with Crippen LogP contribution in [-0.2, 0) is 9.53 Å². The van der Waals surface area contributed by atoms with Crippen LogP contribution in [0.2, 0.25) is 19.1 Å². The van der Waals surface area contributed by atoms with E-state index in [9.17, 15) is 4.79 Å². The number of carbonyl (C=O) groups is 1. The fourth-order valence-electron chi connectivity index (χ4n) is 0.955. The predicted octanol–water partition coefficient (Wildman–Crippen LogP) is 1.82. The van der Waals surface area contributed by atoms with Gasteiger partial charge in [-0.05, 0) is 13.8 Å². The van der Waals surface area contributed by atoms with E-state index in [1.807, 2.05) is 6.92 Å². The average molecular weight is 184 g/mol. The van der Waals surface area contributed by atoms with E-state index >= 15 is 0 Å². The molecule has 0 fully saturated rings. The molecule has 0 heterocycles. The van der Waals surface area contributed by atoms with E-state index in [0.29, 0.717) is 12.7 Å². The summed E-state index contributed by atoms with van der Waals surface area (Å²) >= 11 is 0.